The summed E-state index contributed by atoms with van der Waals surface area (Å²) in [7, 11) is 0. The van der Waals surface area contributed by atoms with Gasteiger partial charge in [-0.2, -0.15) is 4.98 Å². The minimum Gasteiger partial charge on any atom is -0.477 e. The Morgan fingerprint density at radius 1 is 1.14 bits per heavy atom. The zero-order chi connectivity index (χ0) is 21.0. The molecule has 1 aliphatic carbocycles. The molecule has 1 aromatic rings. The van der Waals surface area contributed by atoms with Crippen LogP contribution in [-0.4, -0.2) is 70.3 Å². The Bertz CT molecular complexity index is 673. The summed E-state index contributed by atoms with van der Waals surface area (Å²) < 4.78 is 11.3. The number of halogens is 1. The fourth-order valence-corrected chi connectivity index (χ4v) is 4.27. The third-order valence-corrected chi connectivity index (χ3v) is 5.74. The zero-order valence-electron chi connectivity index (χ0n) is 18.0. The van der Waals surface area contributed by atoms with E-state index < -0.39 is 5.60 Å². The van der Waals surface area contributed by atoms with Gasteiger partial charge in [-0.25, -0.2) is 9.78 Å². The molecule has 0 bridgehead atoms. The number of rotatable bonds is 4. The van der Waals surface area contributed by atoms with Crippen molar-refractivity contribution < 1.29 is 14.3 Å². The van der Waals surface area contributed by atoms with E-state index in [0.29, 0.717) is 35.4 Å². The molecule has 1 aromatic heterocycles. The summed E-state index contributed by atoms with van der Waals surface area (Å²) in [6, 6.07) is 2.27. The Morgan fingerprint density at radius 3 is 2.38 bits per heavy atom. The van der Waals surface area contributed by atoms with Gasteiger partial charge < -0.3 is 14.4 Å². The van der Waals surface area contributed by atoms with Crippen molar-refractivity contribution in [2.45, 2.75) is 65.0 Å². The lowest BCUT2D eigenvalue weighted by atomic mass is 9.85. The molecule has 1 amide bonds. The van der Waals surface area contributed by atoms with Crippen LogP contribution in [0.1, 0.15) is 52.3 Å². The van der Waals surface area contributed by atoms with E-state index in [1.54, 1.807) is 6.07 Å². The van der Waals surface area contributed by atoms with E-state index in [0.717, 1.165) is 39.0 Å². The van der Waals surface area contributed by atoms with Crippen LogP contribution in [0.25, 0.3) is 0 Å². The van der Waals surface area contributed by atoms with E-state index in [4.69, 9.17) is 21.1 Å². The first-order chi connectivity index (χ1) is 13.7. The second kappa shape index (κ2) is 9.47. The number of carbonyl (C=O) groups is 1. The molecule has 0 spiro atoms. The molecule has 1 saturated heterocycles. The Balaban J connectivity index is 1.38. The third kappa shape index (κ3) is 6.71. The van der Waals surface area contributed by atoms with Crippen LogP contribution in [0.5, 0.6) is 5.88 Å². The first kappa shape index (κ1) is 22.1. The Morgan fingerprint density at radius 2 is 1.79 bits per heavy atom. The van der Waals surface area contributed by atoms with Crippen molar-refractivity contribution in [1.29, 1.82) is 0 Å². The number of amides is 1. The highest BCUT2D eigenvalue weighted by atomic mass is 35.5. The molecule has 162 valence electrons. The number of hydrogen-bond acceptors (Lipinski definition) is 6. The fourth-order valence-electron chi connectivity index (χ4n) is 4.06. The van der Waals surface area contributed by atoms with Crippen LogP contribution in [0.2, 0.25) is 5.15 Å². The molecule has 2 heterocycles. The van der Waals surface area contributed by atoms with Crippen LogP contribution in [0.3, 0.4) is 0 Å². The highest BCUT2D eigenvalue weighted by Crippen LogP contribution is 2.29. The average molecular weight is 425 g/mol. The molecule has 3 rings (SSSR count). The summed E-state index contributed by atoms with van der Waals surface area (Å²) in [5, 5.41) is 0.418. The molecular weight excluding hydrogens is 392 g/mol. The van der Waals surface area contributed by atoms with Gasteiger partial charge in [0.2, 0.25) is 5.88 Å². The third-order valence-electron chi connectivity index (χ3n) is 5.55. The summed E-state index contributed by atoms with van der Waals surface area (Å²) >= 11 is 5.97. The van der Waals surface area contributed by atoms with E-state index in [2.05, 4.69) is 14.9 Å². The highest BCUT2D eigenvalue weighted by molar-refractivity contribution is 6.29. The van der Waals surface area contributed by atoms with Gasteiger partial charge in [-0.3, -0.25) is 4.90 Å². The SMILES string of the molecule is Cc1nc(Cl)cc(OCC2CCC(N3CCN(C(=O)OC(C)(C)C)CC3)CC2)n1. The number of nitrogens with zero attached hydrogens (tertiary/aromatic N) is 4. The topological polar surface area (TPSA) is 67.8 Å². The van der Waals surface area contributed by atoms with Gasteiger partial charge in [-0.1, -0.05) is 11.6 Å². The predicted molar refractivity (Wildman–Crippen MR) is 112 cm³/mol. The number of carbonyl (C=O) groups excluding carboxylic acids is 1. The number of piperazine rings is 1. The molecule has 2 aliphatic rings. The molecule has 0 unspecified atom stereocenters. The molecule has 29 heavy (non-hydrogen) atoms. The van der Waals surface area contributed by atoms with Crippen LogP contribution >= 0.6 is 11.6 Å². The Labute approximate surface area is 178 Å². The molecule has 7 nitrogen and oxygen atoms in total. The molecule has 0 aromatic carbocycles. The van der Waals surface area contributed by atoms with E-state index in [1.165, 1.54) is 12.8 Å². The van der Waals surface area contributed by atoms with Crippen molar-refractivity contribution in [3.05, 3.63) is 17.0 Å². The van der Waals surface area contributed by atoms with Gasteiger partial charge in [0.1, 0.15) is 16.6 Å². The normalized spacial score (nSPS) is 23.7. The van der Waals surface area contributed by atoms with Crippen molar-refractivity contribution in [3.63, 3.8) is 0 Å². The molecule has 0 N–H and O–H groups in total. The molecule has 2 fully saturated rings. The highest BCUT2D eigenvalue weighted by Gasteiger charge is 2.31. The first-order valence-electron chi connectivity index (χ1n) is 10.6. The van der Waals surface area contributed by atoms with E-state index in [-0.39, 0.29) is 6.09 Å². The maximum atomic E-state index is 12.2. The van der Waals surface area contributed by atoms with Crippen LogP contribution in [0.4, 0.5) is 4.79 Å². The number of aromatic nitrogens is 2. The van der Waals surface area contributed by atoms with Gasteiger partial charge in [0, 0.05) is 38.3 Å². The minimum absolute atomic E-state index is 0.196. The maximum Gasteiger partial charge on any atom is 0.410 e. The van der Waals surface area contributed by atoms with E-state index in [1.807, 2.05) is 32.6 Å². The van der Waals surface area contributed by atoms with Gasteiger partial charge in [0.05, 0.1) is 6.61 Å². The summed E-state index contributed by atoms with van der Waals surface area (Å²) in [5.41, 5.74) is -0.440. The number of ether oxygens (including phenoxy) is 2. The fraction of sp³-hybridized carbons (Fsp3) is 0.762. The number of aryl methyl sites for hydroxylation is 1. The number of hydrogen-bond donors (Lipinski definition) is 0. The predicted octanol–water partition coefficient (Wildman–Crippen LogP) is 3.93. The zero-order valence-corrected chi connectivity index (χ0v) is 18.7. The molecule has 1 aliphatic heterocycles. The van der Waals surface area contributed by atoms with Crippen molar-refractivity contribution >= 4 is 17.7 Å². The lowest BCUT2D eigenvalue weighted by molar-refractivity contribution is 0.00650. The molecule has 1 saturated carbocycles. The standard InChI is InChI=1S/C21H33ClN4O3/c1-15-23-18(22)13-19(24-15)28-14-16-5-7-17(8-6-16)25-9-11-26(12-10-25)20(27)29-21(2,3)4/h13,16-17H,5-12,14H2,1-4H3. The molecule has 8 heteroatoms. The molecule has 0 radical (unpaired) electrons. The van der Waals surface area contributed by atoms with Gasteiger partial charge in [-0.05, 0) is 59.3 Å². The van der Waals surface area contributed by atoms with Gasteiger partial charge >= 0.3 is 6.09 Å². The summed E-state index contributed by atoms with van der Waals surface area (Å²) in [4.78, 5) is 24.9. The van der Waals surface area contributed by atoms with Gasteiger partial charge in [0.25, 0.3) is 0 Å². The maximum absolute atomic E-state index is 12.2. The summed E-state index contributed by atoms with van der Waals surface area (Å²) in [6.45, 7) is 11.5. The van der Waals surface area contributed by atoms with Crippen LogP contribution < -0.4 is 4.74 Å². The largest absolute Gasteiger partial charge is 0.477 e. The second-order valence-corrected chi connectivity index (χ2v) is 9.45. The molecule has 0 atom stereocenters. The second-order valence-electron chi connectivity index (χ2n) is 9.07. The molecular formula is C21H33ClN4O3. The summed E-state index contributed by atoms with van der Waals surface area (Å²) in [5.74, 6) is 1.73. The van der Waals surface area contributed by atoms with Crippen LogP contribution in [-0.2, 0) is 4.74 Å². The van der Waals surface area contributed by atoms with Crippen molar-refractivity contribution in [2.24, 2.45) is 5.92 Å². The Hall–Kier alpha value is -1.60. The average Bonchev–Trinajstić information content (AvgIpc) is 2.65. The van der Waals surface area contributed by atoms with Crippen molar-refractivity contribution in [2.75, 3.05) is 32.8 Å². The van der Waals surface area contributed by atoms with Crippen molar-refractivity contribution in [3.8, 4) is 5.88 Å². The van der Waals surface area contributed by atoms with Crippen LogP contribution in [0, 0.1) is 12.8 Å². The Kier molecular flexibility index (Phi) is 7.22. The van der Waals surface area contributed by atoms with E-state index in [9.17, 15) is 4.79 Å². The lowest BCUT2D eigenvalue weighted by Gasteiger charge is -2.42. The monoisotopic (exact) mass is 424 g/mol. The summed E-state index contributed by atoms with van der Waals surface area (Å²) in [6.07, 6.45) is 4.44. The van der Waals surface area contributed by atoms with Crippen molar-refractivity contribution in [1.82, 2.24) is 19.8 Å². The smallest absolute Gasteiger partial charge is 0.410 e. The van der Waals surface area contributed by atoms with Crippen LogP contribution in [0.15, 0.2) is 6.07 Å². The minimum atomic E-state index is -0.440. The lowest BCUT2D eigenvalue weighted by Crippen LogP contribution is -2.53. The van der Waals surface area contributed by atoms with E-state index >= 15 is 0 Å². The first-order valence-corrected chi connectivity index (χ1v) is 10.9. The van der Waals surface area contributed by atoms with Gasteiger partial charge in [0.15, 0.2) is 0 Å². The quantitative estimate of drug-likeness (QED) is 0.682. The van der Waals surface area contributed by atoms with Gasteiger partial charge in [-0.15, -0.1) is 0 Å².